The normalized spacial score (nSPS) is 31.8. The molecule has 1 heterocycles. The highest BCUT2D eigenvalue weighted by molar-refractivity contribution is 7.13. The molecule has 1 aromatic heterocycles. The Morgan fingerprint density at radius 2 is 2.39 bits per heavy atom. The van der Waals surface area contributed by atoms with Crippen molar-refractivity contribution in [3.8, 4) is 0 Å². The lowest BCUT2D eigenvalue weighted by Crippen LogP contribution is -2.29. The van der Waals surface area contributed by atoms with E-state index in [1.54, 1.807) is 11.3 Å². The topological polar surface area (TPSA) is 50.9 Å². The van der Waals surface area contributed by atoms with Gasteiger partial charge in [0.05, 0.1) is 5.69 Å². The minimum absolute atomic E-state index is 0.567. The molecule has 0 amide bonds. The Labute approximate surface area is 113 Å². The fourth-order valence-electron chi connectivity index (χ4n) is 3.84. The largest absolute Gasteiger partial charge is 0.359 e. The van der Waals surface area contributed by atoms with Crippen LogP contribution in [0.1, 0.15) is 38.3 Å². The van der Waals surface area contributed by atoms with Gasteiger partial charge in [-0.15, -0.1) is 11.3 Å². The Bertz CT molecular complexity index is 403. The number of aromatic nitrogens is 1. The molecule has 0 radical (unpaired) electrons. The fourth-order valence-corrected chi connectivity index (χ4v) is 4.69. The second-order valence-corrected chi connectivity index (χ2v) is 6.81. The zero-order valence-corrected chi connectivity index (χ0v) is 11.9. The predicted octanol–water partition coefficient (Wildman–Crippen LogP) is 2.88. The van der Waals surface area contributed by atoms with E-state index >= 15 is 0 Å². The molecular weight excluding hydrogens is 242 g/mol. The van der Waals surface area contributed by atoms with Gasteiger partial charge in [-0.25, -0.2) is 4.98 Å². The SMILES string of the molecule is CC(Nc1nc(CCN)cs1)C1CC2CCC1C2. The lowest BCUT2D eigenvalue weighted by molar-refractivity contribution is 0.304. The van der Waals surface area contributed by atoms with E-state index in [2.05, 4.69) is 22.6 Å². The van der Waals surface area contributed by atoms with Crippen LogP contribution < -0.4 is 11.1 Å². The summed E-state index contributed by atoms with van der Waals surface area (Å²) in [6.45, 7) is 3.01. The molecule has 3 nitrogen and oxygen atoms in total. The van der Waals surface area contributed by atoms with Crippen LogP contribution in [0, 0.1) is 17.8 Å². The van der Waals surface area contributed by atoms with Gasteiger partial charge in [-0.3, -0.25) is 0 Å². The first-order valence-corrected chi connectivity index (χ1v) is 8.05. The Kier molecular flexibility index (Phi) is 3.57. The minimum atomic E-state index is 0.567. The second kappa shape index (κ2) is 5.17. The maximum Gasteiger partial charge on any atom is 0.183 e. The van der Waals surface area contributed by atoms with Gasteiger partial charge >= 0.3 is 0 Å². The summed E-state index contributed by atoms with van der Waals surface area (Å²) in [6, 6.07) is 0.567. The van der Waals surface area contributed by atoms with Crippen LogP contribution in [-0.2, 0) is 6.42 Å². The van der Waals surface area contributed by atoms with Gasteiger partial charge in [0, 0.05) is 17.8 Å². The summed E-state index contributed by atoms with van der Waals surface area (Å²) < 4.78 is 0. The molecule has 1 aromatic rings. The molecule has 3 N–H and O–H groups in total. The van der Waals surface area contributed by atoms with Crippen molar-refractivity contribution in [2.75, 3.05) is 11.9 Å². The first-order valence-electron chi connectivity index (χ1n) is 7.17. The summed E-state index contributed by atoms with van der Waals surface area (Å²) in [7, 11) is 0. The molecule has 4 atom stereocenters. The van der Waals surface area contributed by atoms with Crippen LogP contribution in [0.4, 0.5) is 5.13 Å². The van der Waals surface area contributed by atoms with E-state index in [1.807, 2.05) is 0 Å². The highest BCUT2D eigenvalue weighted by Crippen LogP contribution is 2.49. The number of hydrogen-bond donors (Lipinski definition) is 2. The molecule has 18 heavy (non-hydrogen) atoms. The molecule has 4 unspecified atom stereocenters. The van der Waals surface area contributed by atoms with Crippen molar-refractivity contribution >= 4 is 16.5 Å². The molecule has 0 spiro atoms. The lowest BCUT2D eigenvalue weighted by Gasteiger charge is -2.28. The Hall–Kier alpha value is -0.610. The van der Waals surface area contributed by atoms with Crippen LogP contribution in [0.25, 0.3) is 0 Å². The van der Waals surface area contributed by atoms with Gasteiger partial charge in [-0.2, -0.15) is 0 Å². The highest BCUT2D eigenvalue weighted by Gasteiger charge is 2.41. The third-order valence-electron chi connectivity index (χ3n) is 4.74. The number of thiazole rings is 1. The highest BCUT2D eigenvalue weighted by atomic mass is 32.1. The first kappa shape index (κ1) is 12.4. The molecular formula is C14H23N3S. The number of nitrogens with one attached hydrogen (secondary N) is 1. The van der Waals surface area contributed by atoms with Gasteiger partial charge in [0.25, 0.3) is 0 Å². The van der Waals surface area contributed by atoms with Gasteiger partial charge < -0.3 is 11.1 Å². The number of nitrogens with zero attached hydrogens (tertiary/aromatic N) is 1. The summed E-state index contributed by atoms with van der Waals surface area (Å²) in [5, 5.41) is 6.82. The number of nitrogens with two attached hydrogens (primary N) is 1. The standard InChI is InChI=1S/C14H23N3S/c1-9(13-7-10-2-3-11(13)6-10)16-14-17-12(4-5-15)8-18-14/h8-11,13H,2-7,15H2,1H3,(H,16,17). The van der Waals surface area contributed by atoms with Crippen molar-refractivity contribution in [3.05, 3.63) is 11.1 Å². The second-order valence-electron chi connectivity index (χ2n) is 5.95. The third-order valence-corrected chi connectivity index (χ3v) is 5.56. The molecule has 4 heteroatoms. The van der Waals surface area contributed by atoms with Gasteiger partial charge in [-0.1, -0.05) is 6.42 Å². The summed E-state index contributed by atoms with van der Waals surface area (Å²) in [6.07, 6.45) is 6.73. The average molecular weight is 265 g/mol. The van der Waals surface area contributed by atoms with Crippen LogP contribution in [0.15, 0.2) is 5.38 Å². The van der Waals surface area contributed by atoms with Gasteiger partial charge in [0.2, 0.25) is 0 Å². The third kappa shape index (κ3) is 2.41. The summed E-state index contributed by atoms with van der Waals surface area (Å²) >= 11 is 1.72. The molecule has 2 saturated carbocycles. The van der Waals surface area contributed by atoms with Crippen LogP contribution in [0.2, 0.25) is 0 Å². The van der Waals surface area contributed by atoms with E-state index < -0.39 is 0 Å². The van der Waals surface area contributed by atoms with E-state index in [4.69, 9.17) is 5.73 Å². The van der Waals surface area contributed by atoms with Crippen LogP contribution in [0.3, 0.4) is 0 Å². The molecule has 3 rings (SSSR count). The molecule has 0 saturated heterocycles. The van der Waals surface area contributed by atoms with Crippen molar-refractivity contribution in [2.24, 2.45) is 23.5 Å². The maximum absolute atomic E-state index is 5.56. The lowest BCUT2D eigenvalue weighted by atomic mass is 9.84. The smallest absolute Gasteiger partial charge is 0.183 e. The van der Waals surface area contributed by atoms with E-state index in [0.717, 1.165) is 35.0 Å². The van der Waals surface area contributed by atoms with E-state index in [-0.39, 0.29) is 0 Å². The van der Waals surface area contributed by atoms with Crippen molar-refractivity contribution in [1.29, 1.82) is 0 Å². The minimum Gasteiger partial charge on any atom is -0.359 e. The van der Waals surface area contributed by atoms with E-state index in [9.17, 15) is 0 Å². The molecule has 2 aliphatic carbocycles. The number of rotatable bonds is 5. The van der Waals surface area contributed by atoms with E-state index in [1.165, 1.54) is 25.7 Å². The van der Waals surface area contributed by atoms with Crippen molar-refractivity contribution < 1.29 is 0 Å². The Balaban J connectivity index is 1.58. The quantitative estimate of drug-likeness (QED) is 0.860. The van der Waals surface area contributed by atoms with Gasteiger partial charge in [0.15, 0.2) is 5.13 Å². The Morgan fingerprint density at radius 1 is 1.50 bits per heavy atom. The fraction of sp³-hybridized carbons (Fsp3) is 0.786. The van der Waals surface area contributed by atoms with Crippen LogP contribution in [0.5, 0.6) is 0 Å². The number of hydrogen-bond acceptors (Lipinski definition) is 4. The number of fused-ring (bicyclic) bond motifs is 2. The Morgan fingerprint density at radius 3 is 3.06 bits per heavy atom. The van der Waals surface area contributed by atoms with Crippen LogP contribution >= 0.6 is 11.3 Å². The molecule has 2 aliphatic rings. The maximum atomic E-state index is 5.56. The van der Waals surface area contributed by atoms with Gasteiger partial charge in [0.1, 0.15) is 0 Å². The molecule has 2 bridgehead atoms. The summed E-state index contributed by atoms with van der Waals surface area (Å²) in [5.74, 6) is 2.86. The molecule has 100 valence electrons. The molecule has 0 aliphatic heterocycles. The number of anilines is 1. The van der Waals surface area contributed by atoms with Crippen molar-refractivity contribution in [1.82, 2.24) is 4.98 Å². The predicted molar refractivity (Wildman–Crippen MR) is 76.9 cm³/mol. The zero-order chi connectivity index (χ0) is 12.5. The van der Waals surface area contributed by atoms with E-state index in [0.29, 0.717) is 12.6 Å². The van der Waals surface area contributed by atoms with Crippen molar-refractivity contribution in [2.45, 2.75) is 45.1 Å². The van der Waals surface area contributed by atoms with Gasteiger partial charge in [-0.05, 0) is 50.5 Å². The van der Waals surface area contributed by atoms with Crippen molar-refractivity contribution in [3.63, 3.8) is 0 Å². The van der Waals surface area contributed by atoms with Crippen LogP contribution in [-0.4, -0.2) is 17.6 Å². The molecule has 2 fully saturated rings. The zero-order valence-electron chi connectivity index (χ0n) is 11.1. The first-order chi connectivity index (χ1) is 8.76. The monoisotopic (exact) mass is 265 g/mol. The summed E-state index contributed by atoms with van der Waals surface area (Å²) in [5.41, 5.74) is 6.69. The molecule has 0 aromatic carbocycles. The average Bonchev–Trinajstić information content (AvgIpc) is 3.05. The summed E-state index contributed by atoms with van der Waals surface area (Å²) in [4.78, 5) is 4.60.